The van der Waals surface area contributed by atoms with Crippen molar-refractivity contribution >= 4 is 16.6 Å². The number of aromatic nitrogens is 1. The van der Waals surface area contributed by atoms with Crippen molar-refractivity contribution in [2.75, 3.05) is 31.0 Å². The quantitative estimate of drug-likeness (QED) is 0.790. The standard InChI is InChI=1S/C9H14N2O2S/c1-13-8-4-3-5-10-9(8)11-6-7-14(2)12/h3-5H,6-7H2,1-2H3,(H,10,11). The molecule has 0 saturated carbocycles. The molecule has 1 rings (SSSR count). The molecule has 1 N–H and O–H groups in total. The first-order chi connectivity index (χ1) is 6.74. The first-order valence-electron chi connectivity index (χ1n) is 4.27. The zero-order valence-electron chi connectivity index (χ0n) is 8.32. The van der Waals surface area contributed by atoms with Crippen molar-refractivity contribution in [2.24, 2.45) is 0 Å². The number of ether oxygens (including phenoxy) is 1. The molecule has 1 aromatic rings. The summed E-state index contributed by atoms with van der Waals surface area (Å²) in [6, 6.07) is 3.64. The Balaban J connectivity index is 2.53. The van der Waals surface area contributed by atoms with Gasteiger partial charge in [-0.25, -0.2) is 4.98 Å². The smallest absolute Gasteiger partial charge is 0.168 e. The Labute approximate surface area is 86.1 Å². The van der Waals surface area contributed by atoms with Crippen molar-refractivity contribution in [3.05, 3.63) is 18.3 Å². The Morgan fingerprint density at radius 2 is 2.43 bits per heavy atom. The average molecular weight is 214 g/mol. The molecule has 0 aliphatic heterocycles. The van der Waals surface area contributed by atoms with Crippen LogP contribution in [-0.2, 0) is 10.8 Å². The molecule has 0 spiro atoms. The number of nitrogens with one attached hydrogen (secondary N) is 1. The number of pyridine rings is 1. The summed E-state index contributed by atoms with van der Waals surface area (Å²) in [4.78, 5) is 4.11. The summed E-state index contributed by atoms with van der Waals surface area (Å²) in [7, 11) is 0.819. The van der Waals surface area contributed by atoms with E-state index < -0.39 is 10.8 Å². The number of anilines is 1. The fraction of sp³-hybridized carbons (Fsp3) is 0.444. The molecule has 1 aromatic heterocycles. The van der Waals surface area contributed by atoms with Gasteiger partial charge in [-0.1, -0.05) is 0 Å². The summed E-state index contributed by atoms with van der Waals surface area (Å²) in [5, 5.41) is 3.07. The molecule has 0 amide bonds. The van der Waals surface area contributed by atoms with Gasteiger partial charge in [0.25, 0.3) is 0 Å². The van der Waals surface area contributed by atoms with Crippen LogP contribution in [-0.4, -0.2) is 34.9 Å². The van der Waals surface area contributed by atoms with E-state index >= 15 is 0 Å². The zero-order chi connectivity index (χ0) is 10.4. The number of methoxy groups -OCH3 is 1. The van der Waals surface area contributed by atoms with Crippen molar-refractivity contribution in [2.45, 2.75) is 0 Å². The van der Waals surface area contributed by atoms with Gasteiger partial charge in [-0.05, 0) is 12.1 Å². The molecule has 0 bridgehead atoms. The molecule has 0 aliphatic rings. The minimum absolute atomic E-state index is 0.611. The third-order valence-electron chi connectivity index (χ3n) is 1.67. The molecular weight excluding hydrogens is 200 g/mol. The Bertz CT molecular complexity index is 317. The summed E-state index contributed by atoms with van der Waals surface area (Å²) >= 11 is 0. The number of nitrogens with zero attached hydrogens (tertiary/aromatic N) is 1. The van der Waals surface area contributed by atoms with Crippen LogP contribution in [0.25, 0.3) is 0 Å². The average Bonchev–Trinajstić information content (AvgIpc) is 2.18. The van der Waals surface area contributed by atoms with Gasteiger partial charge in [0.2, 0.25) is 0 Å². The second kappa shape index (κ2) is 5.59. The van der Waals surface area contributed by atoms with Gasteiger partial charge in [0.05, 0.1) is 7.11 Å². The van der Waals surface area contributed by atoms with Crippen molar-refractivity contribution in [1.82, 2.24) is 4.98 Å². The van der Waals surface area contributed by atoms with E-state index in [2.05, 4.69) is 10.3 Å². The largest absolute Gasteiger partial charge is 0.493 e. The van der Waals surface area contributed by atoms with Gasteiger partial charge in [0.1, 0.15) is 0 Å². The van der Waals surface area contributed by atoms with E-state index in [0.29, 0.717) is 23.9 Å². The lowest BCUT2D eigenvalue weighted by atomic mass is 10.4. The maximum Gasteiger partial charge on any atom is 0.168 e. The minimum atomic E-state index is -0.779. The van der Waals surface area contributed by atoms with E-state index in [0.717, 1.165) is 0 Å². The van der Waals surface area contributed by atoms with E-state index in [4.69, 9.17) is 4.74 Å². The van der Waals surface area contributed by atoms with Crippen molar-refractivity contribution in [3.8, 4) is 5.75 Å². The van der Waals surface area contributed by atoms with Crippen LogP contribution in [0.1, 0.15) is 0 Å². The van der Waals surface area contributed by atoms with Crippen LogP contribution in [0.3, 0.4) is 0 Å². The first-order valence-corrected chi connectivity index (χ1v) is 5.99. The third-order valence-corrected chi connectivity index (χ3v) is 2.45. The van der Waals surface area contributed by atoms with Gasteiger partial charge in [-0.2, -0.15) is 0 Å². The number of rotatable bonds is 5. The van der Waals surface area contributed by atoms with Crippen LogP contribution in [0.15, 0.2) is 18.3 Å². The lowest BCUT2D eigenvalue weighted by molar-refractivity contribution is 0.415. The molecule has 1 unspecified atom stereocenters. The van der Waals surface area contributed by atoms with E-state index in [9.17, 15) is 4.21 Å². The highest BCUT2D eigenvalue weighted by Gasteiger charge is 2.01. The predicted molar refractivity (Wildman–Crippen MR) is 58.2 cm³/mol. The Hall–Kier alpha value is -1.10. The van der Waals surface area contributed by atoms with Crippen LogP contribution in [0.5, 0.6) is 5.75 Å². The number of hydrogen-bond donors (Lipinski definition) is 1. The van der Waals surface area contributed by atoms with Crippen LogP contribution >= 0.6 is 0 Å². The highest BCUT2D eigenvalue weighted by Crippen LogP contribution is 2.19. The lowest BCUT2D eigenvalue weighted by Crippen LogP contribution is -2.11. The molecule has 0 radical (unpaired) electrons. The molecule has 1 heterocycles. The second-order valence-electron chi connectivity index (χ2n) is 2.76. The van der Waals surface area contributed by atoms with E-state index in [1.807, 2.05) is 12.1 Å². The molecule has 78 valence electrons. The fourth-order valence-corrected chi connectivity index (χ4v) is 1.39. The number of hydrogen-bond acceptors (Lipinski definition) is 4. The normalized spacial score (nSPS) is 12.1. The van der Waals surface area contributed by atoms with Gasteiger partial charge in [0.15, 0.2) is 11.6 Å². The molecular formula is C9H14N2O2S. The summed E-state index contributed by atoms with van der Waals surface area (Å²) in [5.74, 6) is 2.01. The molecule has 4 nitrogen and oxygen atoms in total. The van der Waals surface area contributed by atoms with Crippen LogP contribution in [0, 0.1) is 0 Å². The first kappa shape index (κ1) is 11.0. The molecule has 0 fully saturated rings. The van der Waals surface area contributed by atoms with Crippen LogP contribution < -0.4 is 10.1 Å². The van der Waals surface area contributed by atoms with E-state index in [1.54, 1.807) is 19.6 Å². The molecule has 1 atom stereocenters. The fourth-order valence-electron chi connectivity index (χ4n) is 1.00. The maximum atomic E-state index is 10.8. The molecule has 0 aromatic carbocycles. The van der Waals surface area contributed by atoms with Crippen molar-refractivity contribution in [1.29, 1.82) is 0 Å². The molecule has 0 aliphatic carbocycles. The lowest BCUT2D eigenvalue weighted by Gasteiger charge is -2.08. The third kappa shape index (κ3) is 3.33. The Morgan fingerprint density at radius 1 is 1.64 bits per heavy atom. The Kier molecular flexibility index (Phi) is 4.39. The molecule has 0 saturated heterocycles. The monoisotopic (exact) mass is 214 g/mol. The van der Waals surface area contributed by atoms with Crippen molar-refractivity contribution in [3.63, 3.8) is 0 Å². The maximum absolute atomic E-state index is 10.8. The van der Waals surface area contributed by atoms with Gasteiger partial charge in [-0.3, -0.25) is 4.21 Å². The SMILES string of the molecule is COc1cccnc1NCCS(C)=O. The predicted octanol–water partition coefficient (Wildman–Crippen LogP) is 0.881. The summed E-state index contributed by atoms with van der Waals surface area (Å²) in [6.07, 6.45) is 3.37. The topological polar surface area (TPSA) is 51.2 Å². The van der Waals surface area contributed by atoms with Gasteiger partial charge in [0, 0.05) is 35.5 Å². The summed E-state index contributed by atoms with van der Waals surface area (Å²) in [5.41, 5.74) is 0. The van der Waals surface area contributed by atoms with Crippen molar-refractivity contribution < 1.29 is 8.95 Å². The van der Waals surface area contributed by atoms with Gasteiger partial charge < -0.3 is 10.1 Å². The van der Waals surface area contributed by atoms with Crippen LogP contribution in [0.4, 0.5) is 5.82 Å². The molecule has 14 heavy (non-hydrogen) atoms. The van der Waals surface area contributed by atoms with Gasteiger partial charge in [-0.15, -0.1) is 0 Å². The second-order valence-corrected chi connectivity index (χ2v) is 4.31. The summed E-state index contributed by atoms with van der Waals surface area (Å²) in [6.45, 7) is 0.635. The zero-order valence-corrected chi connectivity index (χ0v) is 9.13. The highest BCUT2D eigenvalue weighted by molar-refractivity contribution is 7.84. The summed E-state index contributed by atoms with van der Waals surface area (Å²) < 4.78 is 15.9. The highest BCUT2D eigenvalue weighted by atomic mass is 32.2. The Morgan fingerprint density at radius 3 is 3.07 bits per heavy atom. The van der Waals surface area contributed by atoms with Gasteiger partial charge >= 0.3 is 0 Å². The van der Waals surface area contributed by atoms with E-state index in [1.165, 1.54) is 0 Å². The molecule has 5 heteroatoms. The van der Waals surface area contributed by atoms with E-state index in [-0.39, 0.29) is 0 Å². The van der Waals surface area contributed by atoms with Crippen LogP contribution in [0.2, 0.25) is 0 Å². The minimum Gasteiger partial charge on any atom is -0.493 e.